The van der Waals surface area contributed by atoms with Crippen molar-refractivity contribution in [2.24, 2.45) is 0 Å². The van der Waals surface area contributed by atoms with Crippen LogP contribution < -0.4 is 10.1 Å². The first-order valence-corrected chi connectivity index (χ1v) is 8.62. The second-order valence-electron chi connectivity index (χ2n) is 6.09. The highest BCUT2D eigenvalue weighted by Gasteiger charge is 2.20. The lowest BCUT2D eigenvalue weighted by atomic mass is 10.1. The van der Waals surface area contributed by atoms with Crippen molar-refractivity contribution in [2.45, 2.75) is 26.9 Å². The van der Waals surface area contributed by atoms with Gasteiger partial charge in [0.25, 0.3) is 5.91 Å². The number of ether oxygens (including phenoxy) is 2. The molecular formula is C21H21NO6. The summed E-state index contributed by atoms with van der Waals surface area (Å²) in [6, 6.07) is 12.9. The van der Waals surface area contributed by atoms with Crippen LogP contribution in [0.2, 0.25) is 0 Å². The average molecular weight is 383 g/mol. The van der Waals surface area contributed by atoms with Gasteiger partial charge in [-0.25, -0.2) is 4.79 Å². The summed E-state index contributed by atoms with van der Waals surface area (Å²) in [5.74, 6) is -1.15. The van der Waals surface area contributed by atoms with Crippen LogP contribution >= 0.6 is 0 Å². The van der Waals surface area contributed by atoms with Crippen LogP contribution in [0.5, 0.6) is 5.75 Å². The van der Waals surface area contributed by atoms with Crippen LogP contribution in [0.15, 0.2) is 48.5 Å². The molecule has 0 saturated heterocycles. The molecule has 0 unspecified atom stereocenters. The molecule has 0 aromatic heterocycles. The smallest absolute Gasteiger partial charge is 0.344 e. The van der Waals surface area contributed by atoms with E-state index in [1.54, 1.807) is 48.5 Å². The molecule has 7 nitrogen and oxygen atoms in total. The van der Waals surface area contributed by atoms with Crippen molar-refractivity contribution < 1.29 is 28.7 Å². The van der Waals surface area contributed by atoms with Crippen molar-refractivity contribution in [3.05, 3.63) is 59.7 Å². The number of ketones is 2. The fourth-order valence-electron chi connectivity index (χ4n) is 2.35. The Labute approximate surface area is 162 Å². The van der Waals surface area contributed by atoms with E-state index < -0.39 is 18.0 Å². The Hall–Kier alpha value is -3.48. The first-order valence-electron chi connectivity index (χ1n) is 8.62. The van der Waals surface area contributed by atoms with Gasteiger partial charge in [-0.2, -0.15) is 0 Å². The molecule has 0 heterocycles. The minimum atomic E-state index is -1.07. The third-order valence-electron chi connectivity index (χ3n) is 3.86. The molecule has 1 N–H and O–H groups in total. The number of anilines is 1. The number of nitrogens with one attached hydrogen (secondary N) is 1. The molecule has 1 amide bonds. The molecule has 146 valence electrons. The topological polar surface area (TPSA) is 98.8 Å². The molecule has 7 heteroatoms. The highest BCUT2D eigenvalue weighted by atomic mass is 16.6. The van der Waals surface area contributed by atoms with Crippen molar-refractivity contribution in [3.8, 4) is 5.75 Å². The van der Waals surface area contributed by atoms with Gasteiger partial charge in [-0.15, -0.1) is 0 Å². The Balaban J connectivity index is 1.87. The van der Waals surface area contributed by atoms with E-state index in [1.807, 2.05) is 0 Å². The van der Waals surface area contributed by atoms with E-state index in [1.165, 1.54) is 20.8 Å². The molecule has 2 aromatic carbocycles. The molecule has 0 radical (unpaired) electrons. The molecule has 0 aliphatic carbocycles. The van der Waals surface area contributed by atoms with E-state index in [4.69, 9.17) is 9.47 Å². The quantitative estimate of drug-likeness (QED) is 0.556. The van der Waals surface area contributed by atoms with Crippen LogP contribution in [0, 0.1) is 0 Å². The lowest BCUT2D eigenvalue weighted by Crippen LogP contribution is -2.32. The van der Waals surface area contributed by atoms with Gasteiger partial charge >= 0.3 is 5.97 Å². The van der Waals surface area contributed by atoms with Gasteiger partial charge in [-0.3, -0.25) is 14.4 Å². The fraction of sp³-hybridized carbons (Fsp3) is 0.238. The maximum Gasteiger partial charge on any atom is 0.344 e. The normalized spacial score (nSPS) is 11.2. The zero-order chi connectivity index (χ0) is 20.7. The number of carbonyl (C=O) groups is 4. The van der Waals surface area contributed by atoms with E-state index in [2.05, 4.69) is 5.32 Å². The predicted octanol–water partition coefficient (Wildman–Crippen LogP) is 3.04. The average Bonchev–Trinajstić information content (AvgIpc) is 2.66. The van der Waals surface area contributed by atoms with Crippen LogP contribution in [0.3, 0.4) is 0 Å². The monoisotopic (exact) mass is 383 g/mol. The first-order chi connectivity index (χ1) is 13.3. The molecule has 0 fully saturated rings. The van der Waals surface area contributed by atoms with Gasteiger partial charge in [0.05, 0.1) is 5.69 Å². The number of hydrogen-bond donors (Lipinski definition) is 1. The van der Waals surface area contributed by atoms with E-state index in [9.17, 15) is 19.2 Å². The lowest BCUT2D eigenvalue weighted by molar-refractivity contribution is -0.155. The first kappa shape index (κ1) is 20.8. The zero-order valence-corrected chi connectivity index (χ0v) is 15.9. The highest BCUT2D eigenvalue weighted by molar-refractivity contribution is 6.04. The van der Waals surface area contributed by atoms with Gasteiger partial charge in [0.2, 0.25) is 0 Å². The second-order valence-corrected chi connectivity index (χ2v) is 6.09. The Kier molecular flexibility index (Phi) is 7.03. The summed E-state index contributed by atoms with van der Waals surface area (Å²) in [5.41, 5.74) is 1.25. The Morgan fingerprint density at radius 3 is 2.18 bits per heavy atom. The molecule has 0 bridgehead atoms. The van der Waals surface area contributed by atoms with E-state index in [0.717, 1.165) is 0 Å². The van der Waals surface area contributed by atoms with Gasteiger partial charge in [-0.05, 0) is 57.2 Å². The van der Waals surface area contributed by atoms with Gasteiger partial charge in [-0.1, -0.05) is 12.1 Å². The summed E-state index contributed by atoms with van der Waals surface area (Å²) in [5, 5.41) is 2.58. The molecule has 0 saturated carbocycles. The lowest BCUT2D eigenvalue weighted by Gasteiger charge is -2.15. The summed E-state index contributed by atoms with van der Waals surface area (Å²) in [6.07, 6.45) is -1.07. The van der Waals surface area contributed by atoms with Crippen LogP contribution in [-0.2, 0) is 14.3 Å². The van der Waals surface area contributed by atoms with E-state index in [0.29, 0.717) is 22.6 Å². The maximum atomic E-state index is 12.2. The minimum absolute atomic E-state index is 0.0721. The zero-order valence-electron chi connectivity index (χ0n) is 15.9. The summed E-state index contributed by atoms with van der Waals surface area (Å²) in [4.78, 5) is 47.0. The van der Waals surface area contributed by atoms with Crippen LogP contribution in [0.4, 0.5) is 5.69 Å². The van der Waals surface area contributed by atoms with Crippen LogP contribution in [0.1, 0.15) is 41.5 Å². The number of Topliss-reactive ketones (excluding diaryl/α,β-unsaturated/α-hetero) is 2. The second kappa shape index (κ2) is 9.45. The number of amides is 1. The van der Waals surface area contributed by atoms with Crippen molar-refractivity contribution >= 4 is 29.1 Å². The summed E-state index contributed by atoms with van der Waals surface area (Å²) < 4.78 is 10.3. The van der Waals surface area contributed by atoms with Crippen molar-refractivity contribution in [1.82, 2.24) is 0 Å². The van der Waals surface area contributed by atoms with Gasteiger partial charge < -0.3 is 14.8 Å². The number of rotatable bonds is 8. The fourth-order valence-corrected chi connectivity index (χ4v) is 2.35. The number of benzene rings is 2. The molecule has 2 aromatic rings. The van der Waals surface area contributed by atoms with Crippen molar-refractivity contribution in [3.63, 3.8) is 0 Å². The van der Waals surface area contributed by atoms with Crippen molar-refractivity contribution in [2.75, 3.05) is 11.9 Å². The maximum absolute atomic E-state index is 12.2. The van der Waals surface area contributed by atoms with Gasteiger partial charge in [0.1, 0.15) is 5.75 Å². The Morgan fingerprint density at radius 1 is 0.929 bits per heavy atom. The van der Waals surface area contributed by atoms with Gasteiger partial charge in [0.15, 0.2) is 24.3 Å². The summed E-state index contributed by atoms with van der Waals surface area (Å²) >= 11 is 0. The van der Waals surface area contributed by atoms with Gasteiger partial charge in [0, 0.05) is 11.1 Å². The molecule has 0 aliphatic heterocycles. The molecule has 28 heavy (non-hydrogen) atoms. The molecular weight excluding hydrogens is 362 g/mol. The molecule has 2 rings (SSSR count). The summed E-state index contributed by atoms with van der Waals surface area (Å²) in [6.45, 7) is 3.88. The number of esters is 1. The molecule has 0 spiro atoms. The highest BCUT2D eigenvalue weighted by Crippen LogP contribution is 2.16. The standard InChI is InChI=1S/C21H21NO6/c1-13(23)16-8-10-17(11-9-16)27-12-20(25)28-15(3)21(26)22-19-7-5-4-6-18(19)14(2)24/h4-11,15H,12H2,1-3H3,(H,22,26)/t15-/m1/s1. The molecule has 1 atom stereocenters. The predicted molar refractivity (Wildman–Crippen MR) is 103 cm³/mol. The minimum Gasteiger partial charge on any atom is -0.482 e. The number of carbonyl (C=O) groups excluding carboxylic acids is 4. The SMILES string of the molecule is CC(=O)c1ccc(OCC(=O)O[C@H](C)C(=O)Nc2ccccc2C(C)=O)cc1. The Morgan fingerprint density at radius 2 is 1.57 bits per heavy atom. The summed E-state index contributed by atoms with van der Waals surface area (Å²) in [7, 11) is 0. The molecule has 0 aliphatic rings. The van der Waals surface area contributed by atoms with E-state index in [-0.39, 0.29) is 18.2 Å². The van der Waals surface area contributed by atoms with Crippen LogP contribution in [0.25, 0.3) is 0 Å². The third-order valence-corrected chi connectivity index (χ3v) is 3.86. The number of hydrogen-bond acceptors (Lipinski definition) is 6. The van der Waals surface area contributed by atoms with Crippen molar-refractivity contribution in [1.29, 1.82) is 0 Å². The van der Waals surface area contributed by atoms with Crippen LogP contribution in [-0.4, -0.2) is 36.2 Å². The number of para-hydroxylation sites is 1. The third kappa shape index (κ3) is 5.77. The largest absolute Gasteiger partial charge is 0.482 e. The Bertz CT molecular complexity index is 888. The van der Waals surface area contributed by atoms with E-state index >= 15 is 0 Å².